The van der Waals surface area contributed by atoms with Crippen molar-refractivity contribution in [2.24, 2.45) is 22.6 Å². The molecule has 16 heteroatoms. The molecule has 238 valence electrons. The number of aliphatic hydroxyl groups excluding tert-OH is 5. The number of carboxylic acids is 1. The normalized spacial score (nSPS) is 33.4. The second-order valence-electron chi connectivity index (χ2n) is 9.90. The van der Waals surface area contributed by atoms with E-state index >= 15 is 0 Å². The average molecular weight is 612 g/mol. The molecule has 3 aliphatic heterocycles. The molecule has 0 aromatic rings. The third-order valence-corrected chi connectivity index (χ3v) is 7.25. The maximum absolute atomic E-state index is 12.7. The number of carbonyl (C=O) groups is 2. The number of methoxy groups -OCH3 is 1. The molecule has 0 amide bonds. The lowest BCUT2D eigenvalue weighted by molar-refractivity contribution is -0.843. The molecule has 0 bridgehead atoms. The lowest BCUT2D eigenvalue weighted by Crippen LogP contribution is -3.09. The molecular formula is C27H39N4O12+. The first-order valence-electron chi connectivity index (χ1n) is 13.3. The Morgan fingerprint density at radius 2 is 1.95 bits per heavy atom. The summed E-state index contributed by atoms with van der Waals surface area (Å²) < 4.78 is 21.8. The highest BCUT2D eigenvalue weighted by molar-refractivity contribution is 5.92. The number of guanidine groups is 1. The van der Waals surface area contributed by atoms with E-state index in [2.05, 4.69) is 16.9 Å². The number of ether oxygens (including phenoxy) is 4. The van der Waals surface area contributed by atoms with Crippen molar-refractivity contribution in [3.05, 3.63) is 59.7 Å². The Morgan fingerprint density at radius 3 is 2.53 bits per heavy atom. The molecule has 1 unspecified atom stereocenters. The predicted octanol–water partition coefficient (Wildman–Crippen LogP) is -4.16. The monoisotopic (exact) mass is 611 g/mol. The number of rotatable bonds is 11. The third kappa shape index (κ3) is 7.67. The van der Waals surface area contributed by atoms with E-state index in [0.717, 1.165) is 6.26 Å². The summed E-state index contributed by atoms with van der Waals surface area (Å²) in [6, 6.07) is 0. The number of aliphatic hydroxyl groups is 5. The van der Waals surface area contributed by atoms with Gasteiger partial charge in [0.1, 0.15) is 49.3 Å². The van der Waals surface area contributed by atoms with Crippen molar-refractivity contribution >= 4 is 17.9 Å². The number of carboxylic acid groups (broad SMARTS) is 1. The van der Waals surface area contributed by atoms with Gasteiger partial charge in [-0.25, -0.2) is 9.59 Å². The lowest BCUT2D eigenvalue weighted by Gasteiger charge is -2.42. The molecule has 43 heavy (non-hydrogen) atoms. The number of aliphatic carboxylic acids is 1. The molecule has 0 aromatic carbocycles. The standard InChI is InChI=1S/C27H38N4O12/c1-4-14-15(6-5-13-9-31(7-8-32)10-16(23(37)38)19(13)30-27(28)29-2)17(24(39)40-3)12-41-25(14)43-26-22(36)21(35)20(34)18(11-33)42-26/h4-6,9,12,14-15,18,20-22,25-26,32-36H,1,7-8,10-11H2,2-3H3,(H,37,38)(H3,28,29,30)/p+1/b6-5-/t14-,15+,18-,20-,21+,22-,25+,26+/m1/s1. The van der Waals surface area contributed by atoms with Crippen LogP contribution in [0.4, 0.5) is 0 Å². The van der Waals surface area contributed by atoms with Crippen LogP contribution in [0, 0.1) is 11.8 Å². The van der Waals surface area contributed by atoms with Gasteiger partial charge in [0.05, 0.1) is 49.3 Å². The molecule has 0 spiro atoms. The predicted molar refractivity (Wildman–Crippen MR) is 147 cm³/mol. The van der Waals surface area contributed by atoms with E-state index in [1.165, 1.54) is 20.2 Å². The first-order valence-corrected chi connectivity index (χ1v) is 13.3. The number of quaternary nitrogens is 1. The minimum absolute atomic E-state index is 0.0167. The van der Waals surface area contributed by atoms with E-state index in [9.17, 15) is 40.2 Å². The van der Waals surface area contributed by atoms with E-state index in [1.54, 1.807) is 18.4 Å². The molecule has 16 nitrogen and oxygen atoms in total. The van der Waals surface area contributed by atoms with Crippen LogP contribution in [0.15, 0.2) is 64.7 Å². The molecular weight excluding hydrogens is 572 g/mol. The molecule has 1 fully saturated rings. The second kappa shape index (κ2) is 15.2. The quantitative estimate of drug-likeness (QED) is 0.0466. The van der Waals surface area contributed by atoms with Crippen LogP contribution in [0.5, 0.6) is 0 Å². The van der Waals surface area contributed by atoms with Gasteiger partial charge >= 0.3 is 11.9 Å². The van der Waals surface area contributed by atoms with Gasteiger partial charge in [-0.3, -0.25) is 4.99 Å². The van der Waals surface area contributed by atoms with Crippen LogP contribution in [0.2, 0.25) is 0 Å². The van der Waals surface area contributed by atoms with Crippen molar-refractivity contribution < 1.29 is 64.1 Å². The van der Waals surface area contributed by atoms with E-state index in [1.807, 2.05) is 0 Å². The first kappa shape index (κ1) is 33.9. The fourth-order valence-electron chi connectivity index (χ4n) is 4.90. The second-order valence-corrected chi connectivity index (χ2v) is 9.90. The number of nitrogens with two attached hydrogens (primary N) is 1. The number of hydrogen-bond donors (Lipinski definition) is 9. The van der Waals surface area contributed by atoms with E-state index < -0.39 is 67.4 Å². The van der Waals surface area contributed by atoms with Gasteiger partial charge in [-0.05, 0) is 0 Å². The topological polar surface area (TPSA) is 247 Å². The summed E-state index contributed by atoms with van der Waals surface area (Å²) in [6.07, 6.45) is -1.66. The summed E-state index contributed by atoms with van der Waals surface area (Å²) in [6.45, 7) is 3.21. The molecule has 0 saturated carbocycles. The van der Waals surface area contributed by atoms with Crippen LogP contribution in [0.1, 0.15) is 0 Å². The number of carbonyl (C=O) groups excluding carboxylic acids is 1. The largest absolute Gasteiger partial charge is 0.478 e. The summed E-state index contributed by atoms with van der Waals surface area (Å²) >= 11 is 0. The fraction of sp³-hybridized carbons (Fsp3) is 0.519. The highest BCUT2D eigenvalue weighted by atomic mass is 16.8. The Bertz CT molecular complexity index is 1200. The third-order valence-electron chi connectivity index (χ3n) is 7.25. The molecule has 9 atom stereocenters. The van der Waals surface area contributed by atoms with Gasteiger partial charge in [0.25, 0.3) is 0 Å². The molecule has 0 aliphatic carbocycles. The summed E-state index contributed by atoms with van der Waals surface area (Å²) in [5, 5.41) is 62.4. The van der Waals surface area contributed by atoms with Crippen molar-refractivity contribution in [1.82, 2.24) is 5.32 Å². The zero-order chi connectivity index (χ0) is 31.8. The lowest BCUT2D eigenvalue weighted by atomic mass is 9.83. The van der Waals surface area contributed by atoms with Gasteiger partial charge in [-0.15, -0.1) is 6.58 Å². The number of hydrogen-bond acceptors (Lipinski definition) is 12. The van der Waals surface area contributed by atoms with Gasteiger partial charge < -0.3 is 65.5 Å². The molecule has 3 rings (SSSR count). The smallest absolute Gasteiger partial charge is 0.339 e. The summed E-state index contributed by atoms with van der Waals surface area (Å²) in [5.74, 6) is -3.67. The maximum atomic E-state index is 12.7. The molecule has 3 heterocycles. The van der Waals surface area contributed by atoms with Crippen LogP contribution in [-0.2, 0) is 28.5 Å². The zero-order valence-electron chi connectivity index (χ0n) is 23.7. The van der Waals surface area contributed by atoms with Gasteiger partial charge in [-0.1, -0.05) is 18.2 Å². The Morgan fingerprint density at radius 1 is 1.23 bits per heavy atom. The Labute approximate surface area is 247 Å². The fourth-order valence-corrected chi connectivity index (χ4v) is 4.90. The van der Waals surface area contributed by atoms with Gasteiger partial charge in [0.2, 0.25) is 6.29 Å². The maximum Gasteiger partial charge on any atom is 0.339 e. The Kier molecular flexibility index (Phi) is 12.0. The SMILES string of the molecule is C=C[C@H]1[C@H](O[C@@H]2O[C@H](CO)[C@@H](O)[C@H](O)[C@H]2O)OC=C(C(=O)OC)[C@H]1/C=C\C1=C[NH+](CCO)CC(C(=O)O)=C1NC(N)=NC. The van der Waals surface area contributed by atoms with Crippen molar-refractivity contribution in [3.8, 4) is 0 Å². The van der Waals surface area contributed by atoms with E-state index in [0.29, 0.717) is 10.5 Å². The molecule has 0 aromatic heterocycles. The highest BCUT2D eigenvalue weighted by Crippen LogP contribution is 2.36. The number of esters is 1. The molecule has 0 radical (unpaired) electrons. The minimum atomic E-state index is -1.71. The first-order chi connectivity index (χ1) is 20.5. The summed E-state index contributed by atoms with van der Waals surface area (Å²) in [7, 11) is 2.61. The summed E-state index contributed by atoms with van der Waals surface area (Å²) in [5.41, 5.74) is 6.42. The number of nitrogens with one attached hydrogen (secondary N) is 2. The van der Waals surface area contributed by atoms with Gasteiger partial charge in [0.15, 0.2) is 12.2 Å². The van der Waals surface area contributed by atoms with Crippen LogP contribution in [-0.4, -0.2) is 126 Å². The molecule has 1 saturated heterocycles. The van der Waals surface area contributed by atoms with Gasteiger partial charge in [-0.2, -0.15) is 0 Å². The average Bonchev–Trinajstić information content (AvgIpc) is 3.00. The van der Waals surface area contributed by atoms with E-state index in [-0.39, 0.29) is 42.5 Å². The summed E-state index contributed by atoms with van der Waals surface area (Å²) in [4.78, 5) is 29.4. The van der Waals surface area contributed by atoms with E-state index in [4.69, 9.17) is 24.7 Å². The van der Waals surface area contributed by atoms with Crippen molar-refractivity contribution in [2.75, 3.05) is 40.5 Å². The molecule has 3 aliphatic rings. The number of nitrogens with zero attached hydrogens (tertiary/aromatic N) is 1. The van der Waals surface area contributed by atoms with Gasteiger partial charge in [0, 0.05) is 13.0 Å². The van der Waals surface area contributed by atoms with Crippen LogP contribution in [0.25, 0.3) is 0 Å². The number of allylic oxidation sites excluding steroid dienone is 2. The minimum Gasteiger partial charge on any atom is -0.478 e. The Balaban J connectivity index is 2.01. The zero-order valence-corrected chi connectivity index (χ0v) is 23.7. The Hall–Kier alpha value is -3.61. The van der Waals surface area contributed by atoms with Crippen molar-refractivity contribution in [2.45, 2.75) is 37.0 Å². The van der Waals surface area contributed by atoms with Crippen LogP contribution in [0.3, 0.4) is 0 Å². The van der Waals surface area contributed by atoms with Crippen LogP contribution >= 0.6 is 0 Å². The van der Waals surface area contributed by atoms with Crippen LogP contribution < -0.4 is 16.0 Å². The number of aliphatic imine (C=N–C) groups is 1. The van der Waals surface area contributed by atoms with Crippen molar-refractivity contribution in [1.29, 1.82) is 0 Å². The molecule has 10 N–H and O–H groups in total. The highest BCUT2D eigenvalue weighted by Gasteiger charge is 2.47. The van der Waals surface area contributed by atoms with Crippen molar-refractivity contribution in [3.63, 3.8) is 0 Å².